The maximum absolute atomic E-state index is 12.4. The van der Waals surface area contributed by atoms with Crippen LogP contribution in [0, 0.1) is 11.3 Å². The van der Waals surface area contributed by atoms with Gasteiger partial charge in [0.05, 0.1) is 17.6 Å². The third-order valence-corrected chi connectivity index (χ3v) is 5.39. The summed E-state index contributed by atoms with van der Waals surface area (Å²) in [4.78, 5) is 28.8. The highest BCUT2D eigenvalue weighted by atomic mass is 16.4. The van der Waals surface area contributed by atoms with Gasteiger partial charge in [0.25, 0.3) is 11.8 Å². The average molecular weight is 440 g/mol. The van der Waals surface area contributed by atoms with Crippen LogP contribution >= 0.6 is 0 Å². The molecule has 1 atom stereocenters. The Morgan fingerprint density at radius 2 is 1.88 bits per heavy atom. The quantitative estimate of drug-likeness (QED) is 0.331. The summed E-state index contributed by atoms with van der Waals surface area (Å²) in [7, 11) is 0. The molecule has 2 rings (SSSR count). The van der Waals surface area contributed by atoms with Crippen molar-refractivity contribution in [3.05, 3.63) is 53.6 Å². The second-order valence-electron chi connectivity index (χ2n) is 8.12. The number of amides is 2. The molecule has 0 bridgehead atoms. The van der Waals surface area contributed by atoms with E-state index in [0.717, 1.165) is 12.8 Å². The van der Waals surface area contributed by atoms with Crippen LogP contribution in [0.2, 0.25) is 0 Å². The number of nitrogens with zero attached hydrogens (tertiary/aromatic N) is 1. The lowest BCUT2D eigenvalue weighted by Crippen LogP contribution is -2.38. The summed E-state index contributed by atoms with van der Waals surface area (Å²) in [5.41, 5.74) is 7.07. The van der Waals surface area contributed by atoms with Crippen LogP contribution in [0.3, 0.4) is 0 Å². The Balaban J connectivity index is 2.15. The van der Waals surface area contributed by atoms with Crippen molar-refractivity contribution in [2.45, 2.75) is 59.5 Å². The van der Waals surface area contributed by atoms with E-state index in [4.69, 9.17) is 15.6 Å². The first-order chi connectivity index (χ1) is 15.2. The van der Waals surface area contributed by atoms with Crippen LogP contribution in [0.4, 0.5) is 0 Å². The molecule has 2 amide bonds. The van der Waals surface area contributed by atoms with Crippen LogP contribution < -0.4 is 16.4 Å². The predicted molar refractivity (Wildman–Crippen MR) is 125 cm³/mol. The van der Waals surface area contributed by atoms with Crippen LogP contribution in [0.5, 0.6) is 0 Å². The number of nitrogens with one attached hydrogen (secondary N) is 3. The Hall–Kier alpha value is -3.42. The molecule has 0 radical (unpaired) electrons. The Morgan fingerprint density at radius 3 is 2.50 bits per heavy atom. The van der Waals surface area contributed by atoms with E-state index >= 15 is 0 Å². The van der Waals surface area contributed by atoms with Crippen molar-refractivity contribution >= 4 is 17.5 Å². The smallest absolute Gasteiger partial charge is 0.288 e. The molecule has 172 valence electrons. The van der Waals surface area contributed by atoms with Crippen molar-refractivity contribution in [2.24, 2.45) is 11.7 Å². The Kier molecular flexibility index (Phi) is 8.75. The standard InChI is InChI=1S/C24H33N5O3/c1-6-18(7-2)29-23(31)21-13-27-24(32-21)17-10-8-9-16(11-17)19(25)12-20(26)22(30)28-15(5)14(3)4/h8-15,18,25H,6-7,26H2,1-5H3,(H,28,30)(H,29,31). The molecule has 1 aromatic heterocycles. The lowest BCUT2D eigenvalue weighted by Gasteiger charge is -2.17. The number of oxazole rings is 1. The molecule has 32 heavy (non-hydrogen) atoms. The van der Waals surface area contributed by atoms with Crippen LogP contribution in [0.1, 0.15) is 63.6 Å². The normalized spacial score (nSPS) is 12.7. The van der Waals surface area contributed by atoms with Gasteiger partial charge in [0.2, 0.25) is 11.7 Å². The molecule has 0 aliphatic carbocycles. The minimum Gasteiger partial charge on any atom is -0.431 e. The van der Waals surface area contributed by atoms with Gasteiger partial charge >= 0.3 is 0 Å². The van der Waals surface area contributed by atoms with Gasteiger partial charge in [-0.15, -0.1) is 0 Å². The van der Waals surface area contributed by atoms with E-state index in [1.807, 2.05) is 34.6 Å². The molecule has 0 aliphatic heterocycles. The van der Waals surface area contributed by atoms with E-state index in [2.05, 4.69) is 15.6 Å². The molecular formula is C24H33N5O3. The van der Waals surface area contributed by atoms with Crippen LogP contribution in [-0.4, -0.2) is 34.6 Å². The zero-order valence-electron chi connectivity index (χ0n) is 19.4. The second-order valence-corrected chi connectivity index (χ2v) is 8.12. The molecule has 0 aliphatic rings. The molecule has 0 spiro atoms. The van der Waals surface area contributed by atoms with Gasteiger partial charge in [-0.2, -0.15) is 0 Å². The largest absolute Gasteiger partial charge is 0.431 e. The van der Waals surface area contributed by atoms with Crippen LogP contribution in [-0.2, 0) is 4.79 Å². The summed E-state index contributed by atoms with van der Waals surface area (Å²) in [6.07, 6.45) is 4.38. The molecular weight excluding hydrogens is 406 g/mol. The van der Waals surface area contributed by atoms with E-state index in [9.17, 15) is 9.59 Å². The molecule has 5 N–H and O–H groups in total. The van der Waals surface area contributed by atoms with Crippen molar-refractivity contribution in [2.75, 3.05) is 0 Å². The number of benzene rings is 1. The van der Waals surface area contributed by atoms with Crippen LogP contribution in [0.15, 0.2) is 46.7 Å². The zero-order valence-corrected chi connectivity index (χ0v) is 19.4. The molecule has 1 aromatic carbocycles. The highest BCUT2D eigenvalue weighted by Gasteiger charge is 2.17. The minimum atomic E-state index is -0.409. The number of carbonyl (C=O) groups is 2. The molecule has 0 saturated heterocycles. The lowest BCUT2D eigenvalue weighted by molar-refractivity contribution is -0.118. The number of hydrogen-bond donors (Lipinski definition) is 4. The van der Waals surface area contributed by atoms with Gasteiger partial charge in [-0.1, -0.05) is 39.8 Å². The molecule has 2 aromatic rings. The van der Waals surface area contributed by atoms with E-state index in [1.165, 1.54) is 12.3 Å². The van der Waals surface area contributed by atoms with Crippen LogP contribution in [0.25, 0.3) is 11.5 Å². The minimum absolute atomic E-state index is 0.0340. The van der Waals surface area contributed by atoms with E-state index < -0.39 is 5.91 Å². The first-order valence-electron chi connectivity index (χ1n) is 10.9. The Bertz CT molecular complexity index is 989. The van der Waals surface area contributed by atoms with Gasteiger partial charge in [-0.25, -0.2) is 4.98 Å². The summed E-state index contributed by atoms with van der Waals surface area (Å²) in [6.45, 7) is 9.93. The fourth-order valence-electron chi connectivity index (χ4n) is 2.84. The van der Waals surface area contributed by atoms with Gasteiger partial charge in [-0.3, -0.25) is 9.59 Å². The molecule has 8 heteroatoms. The maximum Gasteiger partial charge on any atom is 0.288 e. The number of carbonyl (C=O) groups excluding carboxylic acids is 2. The topological polar surface area (TPSA) is 134 Å². The molecule has 1 unspecified atom stereocenters. The fraction of sp³-hybridized carbons (Fsp3) is 0.417. The zero-order chi connectivity index (χ0) is 23.8. The van der Waals surface area contributed by atoms with E-state index in [1.54, 1.807) is 24.3 Å². The summed E-state index contributed by atoms with van der Waals surface area (Å²) >= 11 is 0. The number of rotatable bonds is 10. The van der Waals surface area contributed by atoms with E-state index in [0.29, 0.717) is 11.1 Å². The SMILES string of the molecule is CCC(CC)NC(=O)c1cnc(-c2cccc(C(=N)C=C(N)C(=O)NC(C)C(C)C)c2)o1. The highest BCUT2D eigenvalue weighted by Crippen LogP contribution is 2.21. The van der Waals surface area contributed by atoms with Gasteiger partial charge in [0.15, 0.2) is 0 Å². The number of hydrogen-bond acceptors (Lipinski definition) is 6. The molecule has 0 fully saturated rings. The predicted octanol–water partition coefficient (Wildman–Crippen LogP) is 3.63. The fourth-order valence-corrected chi connectivity index (χ4v) is 2.84. The first kappa shape index (κ1) is 24.8. The van der Waals surface area contributed by atoms with Crippen molar-refractivity contribution in [1.29, 1.82) is 5.41 Å². The summed E-state index contributed by atoms with van der Waals surface area (Å²) in [5.74, 6) is -0.0423. The van der Waals surface area contributed by atoms with Gasteiger partial charge in [0.1, 0.15) is 0 Å². The third kappa shape index (κ3) is 6.54. The summed E-state index contributed by atoms with van der Waals surface area (Å²) in [6, 6.07) is 7.00. The number of aromatic nitrogens is 1. The number of allylic oxidation sites excluding steroid dienone is 1. The monoisotopic (exact) mass is 439 g/mol. The Labute approximate surface area is 189 Å². The average Bonchev–Trinajstić information content (AvgIpc) is 3.27. The second kappa shape index (κ2) is 11.3. The summed E-state index contributed by atoms with van der Waals surface area (Å²) < 4.78 is 5.64. The Morgan fingerprint density at radius 1 is 1.19 bits per heavy atom. The van der Waals surface area contributed by atoms with Crippen molar-refractivity contribution in [3.63, 3.8) is 0 Å². The van der Waals surface area contributed by atoms with Gasteiger partial charge in [0, 0.05) is 23.2 Å². The summed E-state index contributed by atoms with van der Waals surface area (Å²) in [5, 5.41) is 14.1. The van der Waals surface area contributed by atoms with E-state index in [-0.39, 0.29) is 47.0 Å². The third-order valence-electron chi connectivity index (χ3n) is 5.39. The van der Waals surface area contributed by atoms with Crippen molar-refractivity contribution in [1.82, 2.24) is 15.6 Å². The maximum atomic E-state index is 12.4. The lowest BCUT2D eigenvalue weighted by atomic mass is 10.0. The van der Waals surface area contributed by atoms with Crippen molar-refractivity contribution in [3.8, 4) is 11.5 Å². The first-order valence-corrected chi connectivity index (χ1v) is 10.9. The molecule has 0 saturated carbocycles. The highest BCUT2D eigenvalue weighted by molar-refractivity contribution is 6.11. The van der Waals surface area contributed by atoms with Gasteiger partial charge in [-0.05, 0) is 43.9 Å². The number of nitrogens with two attached hydrogens (primary N) is 1. The molecule has 8 nitrogen and oxygen atoms in total. The van der Waals surface area contributed by atoms with Gasteiger partial charge < -0.3 is 26.2 Å². The van der Waals surface area contributed by atoms with Crippen molar-refractivity contribution < 1.29 is 14.0 Å². The molecule has 1 heterocycles.